The van der Waals surface area contributed by atoms with Crippen LogP contribution in [-0.4, -0.2) is 23.8 Å². The Morgan fingerprint density at radius 1 is 1.40 bits per heavy atom. The van der Waals surface area contributed by atoms with Crippen LogP contribution in [0.25, 0.3) is 0 Å². The normalized spacial score (nSPS) is 9.73. The van der Waals surface area contributed by atoms with E-state index >= 15 is 0 Å². The molecule has 0 heterocycles. The molecular formula is C11H12O4. The third kappa shape index (κ3) is 2.80. The van der Waals surface area contributed by atoms with Crippen LogP contribution < -0.4 is 4.74 Å². The molecule has 0 atom stereocenters. The summed E-state index contributed by atoms with van der Waals surface area (Å²) in [6.07, 6.45) is -0.195. The first kappa shape index (κ1) is 11.2. The highest BCUT2D eigenvalue weighted by atomic mass is 16.5. The number of hydrogen-bond acceptors (Lipinski definition) is 4. The predicted octanol–water partition coefficient (Wildman–Crippen LogP) is 1.56. The molecule has 15 heavy (non-hydrogen) atoms. The molecule has 0 aliphatic carbocycles. The summed E-state index contributed by atoms with van der Waals surface area (Å²) < 4.78 is 4.87. The zero-order valence-electron chi connectivity index (χ0n) is 8.61. The first-order valence-electron chi connectivity index (χ1n) is 4.44. The number of Topliss-reactive ketones (excluding diaryl/α,β-unsaturated/α-hetero) is 2. The second-order valence-corrected chi connectivity index (χ2v) is 3.19. The van der Waals surface area contributed by atoms with Crippen LogP contribution in [0, 0.1) is 0 Å². The highest BCUT2D eigenvalue weighted by Gasteiger charge is 2.13. The van der Waals surface area contributed by atoms with Crippen LogP contribution in [0.1, 0.15) is 23.7 Å². The molecule has 0 unspecified atom stereocenters. The molecule has 0 aliphatic rings. The Morgan fingerprint density at radius 3 is 2.53 bits per heavy atom. The molecule has 1 aromatic carbocycles. The van der Waals surface area contributed by atoms with Crippen LogP contribution in [0.5, 0.6) is 11.5 Å². The average molecular weight is 208 g/mol. The lowest BCUT2D eigenvalue weighted by molar-refractivity contribution is -0.116. The Kier molecular flexibility index (Phi) is 3.44. The summed E-state index contributed by atoms with van der Waals surface area (Å²) >= 11 is 0. The maximum Gasteiger partial charge on any atom is 0.173 e. The van der Waals surface area contributed by atoms with Gasteiger partial charge in [-0.15, -0.1) is 0 Å². The van der Waals surface area contributed by atoms with Crippen molar-refractivity contribution in [2.24, 2.45) is 0 Å². The average Bonchev–Trinajstić information content (AvgIpc) is 2.16. The van der Waals surface area contributed by atoms with Crippen molar-refractivity contribution >= 4 is 11.6 Å². The van der Waals surface area contributed by atoms with Crippen LogP contribution in [0.3, 0.4) is 0 Å². The van der Waals surface area contributed by atoms with Gasteiger partial charge in [-0.2, -0.15) is 0 Å². The van der Waals surface area contributed by atoms with E-state index in [4.69, 9.17) is 4.74 Å². The van der Waals surface area contributed by atoms with Crippen molar-refractivity contribution in [2.75, 3.05) is 7.11 Å². The van der Waals surface area contributed by atoms with E-state index < -0.39 is 0 Å². The molecule has 0 amide bonds. The van der Waals surface area contributed by atoms with Crippen molar-refractivity contribution < 1.29 is 19.4 Å². The van der Waals surface area contributed by atoms with Gasteiger partial charge in [0.2, 0.25) is 0 Å². The fourth-order valence-corrected chi connectivity index (χ4v) is 1.20. The van der Waals surface area contributed by atoms with E-state index in [9.17, 15) is 14.7 Å². The van der Waals surface area contributed by atoms with Gasteiger partial charge in [-0.1, -0.05) is 0 Å². The molecule has 0 saturated carbocycles. The number of ketones is 2. The molecule has 1 aromatic rings. The number of aromatic hydroxyl groups is 1. The first-order valence-corrected chi connectivity index (χ1v) is 4.44. The van der Waals surface area contributed by atoms with Crippen LogP contribution in [-0.2, 0) is 4.79 Å². The molecule has 0 saturated heterocycles. The van der Waals surface area contributed by atoms with Crippen molar-refractivity contribution in [1.29, 1.82) is 0 Å². The molecule has 1 rings (SSSR count). The van der Waals surface area contributed by atoms with Crippen LogP contribution in [0.15, 0.2) is 18.2 Å². The Labute approximate surface area is 87.5 Å². The number of phenolic OH excluding ortho intramolecular Hbond substituents is 1. The van der Waals surface area contributed by atoms with Gasteiger partial charge in [0.1, 0.15) is 17.3 Å². The van der Waals surface area contributed by atoms with Gasteiger partial charge in [0, 0.05) is 6.07 Å². The van der Waals surface area contributed by atoms with Gasteiger partial charge < -0.3 is 9.84 Å². The number of ether oxygens (including phenoxy) is 1. The van der Waals surface area contributed by atoms with Gasteiger partial charge in [0.15, 0.2) is 5.78 Å². The van der Waals surface area contributed by atoms with Gasteiger partial charge in [-0.05, 0) is 19.1 Å². The number of rotatable bonds is 4. The quantitative estimate of drug-likeness (QED) is 0.602. The van der Waals surface area contributed by atoms with Crippen LogP contribution in [0.2, 0.25) is 0 Å². The third-order valence-corrected chi connectivity index (χ3v) is 1.91. The Bertz CT molecular complexity index is 396. The van der Waals surface area contributed by atoms with Gasteiger partial charge in [-0.25, -0.2) is 0 Å². The zero-order chi connectivity index (χ0) is 11.4. The fourth-order valence-electron chi connectivity index (χ4n) is 1.20. The maximum atomic E-state index is 11.5. The molecule has 4 heteroatoms. The van der Waals surface area contributed by atoms with E-state index in [1.54, 1.807) is 6.07 Å². The second kappa shape index (κ2) is 4.59. The van der Waals surface area contributed by atoms with Gasteiger partial charge in [-0.3, -0.25) is 9.59 Å². The lowest BCUT2D eigenvalue weighted by atomic mass is 10.1. The summed E-state index contributed by atoms with van der Waals surface area (Å²) in [5, 5.41) is 9.49. The summed E-state index contributed by atoms with van der Waals surface area (Å²) in [6, 6.07) is 4.35. The molecule has 0 aromatic heterocycles. The number of methoxy groups -OCH3 is 1. The molecule has 0 spiro atoms. The largest absolute Gasteiger partial charge is 0.507 e. The van der Waals surface area contributed by atoms with E-state index in [0.29, 0.717) is 5.75 Å². The lowest BCUT2D eigenvalue weighted by Gasteiger charge is -2.04. The molecule has 0 bridgehead atoms. The highest BCUT2D eigenvalue weighted by Crippen LogP contribution is 2.24. The Hall–Kier alpha value is -1.84. The van der Waals surface area contributed by atoms with E-state index in [2.05, 4.69) is 0 Å². The highest BCUT2D eigenvalue weighted by molar-refractivity contribution is 6.08. The molecule has 1 N–H and O–H groups in total. The Balaban J connectivity index is 2.95. The van der Waals surface area contributed by atoms with Crippen molar-refractivity contribution in [2.45, 2.75) is 13.3 Å². The van der Waals surface area contributed by atoms with Crippen LogP contribution in [0.4, 0.5) is 0 Å². The van der Waals surface area contributed by atoms with Gasteiger partial charge >= 0.3 is 0 Å². The predicted molar refractivity (Wildman–Crippen MR) is 54.3 cm³/mol. The zero-order valence-corrected chi connectivity index (χ0v) is 8.61. The standard InChI is InChI=1S/C11H12O4/c1-7(12)5-10(13)9-4-3-8(15-2)6-11(9)14/h3-4,6,14H,5H2,1-2H3. The minimum Gasteiger partial charge on any atom is -0.507 e. The molecule has 0 fully saturated rings. The van der Waals surface area contributed by atoms with Crippen molar-refractivity contribution in [3.8, 4) is 11.5 Å². The monoisotopic (exact) mass is 208 g/mol. The van der Waals surface area contributed by atoms with E-state index in [0.717, 1.165) is 0 Å². The van der Waals surface area contributed by atoms with Crippen molar-refractivity contribution in [3.05, 3.63) is 23.8 Å². The van der Waals surface area contributed by atoms with Crippen LogP contribution >= 0.6 is 0 Å². The fraction of sp³-hybridized carbons (Fsp3) is 0.273. The summed E-state index contributed by atoms with van der Waals surface area (Å²) in [7, 11) is 1.46. The van der Waals surface area contributed by atoms with Crippen molar-refractivity contribution in [1.82, 2.24) is 0 Å². The third-order valence-electron chi connectivity index (χ3n) is 1.91. The second-order valence-electron chi connectivity index (χ2n) is 3.19. The summed E-state index contributed by atoms with van der Waals surface area (Å²) in [5.74, 6) is -0.314. The number of hydrogen-bond donors (Lipinski definition) is 1. The number of phenols is 1. The molecule has 0 aliphatic heterocycles. The molecule has 80 valence electrons. The molecule has 0 radical (unpaired) electrons. The maximum absolute atomic E-state index is 11.5. The van der Waals surface area contributed by atoms with E-state index in [1.165, 1.54) is 26.2 Å². The first-order chi connectivity index (χ1) is 7.04. The number of carbonyl (C=O) groups excluding carboxylic acids is 2. The smallest absolute Gasteiger partial charge is 0.173 e. The minimum atomic E-state index is -0.386. The summed E-state index contributed by atoms with van der Waals surface area (Å²) in [5.41, 5.74) is 0.144. The van der Waals surface area contributed by atoms with E-state index in [-0.39, 0.29) is 29.3 Å². The van der Waals surface area contributed by atoms with Gasteiger partial charge in [0.25, 0.3) is 0 Å². The molecule has 4 nitrogen and oxygen atoms in total. The summed E-state index contributed by atoms with van der Waals surface area (Å²) in [6.45, 7) is 1.33. The van der Waals surface area contributed by atoms with E-state index in [1.807, 2.05) is 0 Å². The lowest BCUT2D eigenvalue weighted by Crippen LogP contribution is -2.05. The number of carbonyl (C=O) groups is 2. The molecular weight excluding hydrogens is 196 g/mol. The van der Waals surface area contributed by atoms with Gasteiger partial charge in [0.05, 0.1) is 19.1 Å². The minimum absolute atomic E-state index is 0.144. The topological polar surface area (TPSA) is 63.6 Å². The SMILES string of the molecule is COc1ccc(C(=O)CC(C)=O)c(O)c1. The van der Waals surface area contributed by atoms with Crippen molar-refractivity contribution in [3.63, 3.8) is 0 Å². The summed E-state index contributed by atoms with van der Waals surface area (Å²) in [4.78, 5) is 22.2. The Morgan fingerprint density at radius 2 is 2.07 bits per heavy atom. The number of benzene rings is 1.